The Hall–Kier alpha value is -2.24. The third-order valence-corrected chi connectivity index (χ3v) is 4.06. The van der Waals surface area contributed by atoms with Gasteiger partial charge in [0.05, 0.1) is 20.8 Å². The first kappa shape index (κ1) is 17.1. The molecule has 126 valence electrons. The molecule has 1 aliphatic rings. The lowest BCUT2D eigenvalue weighted by Crippen LogP contribution is -2.44. The van der Waals surface area contributed by atoms with Gasteiger partial charge in [0.15, 0.2) is 0 Å². The minimum absolute atomic E-state index is 0.0211. The molecule has 1 aliphatic heterocycles. The number of benzene rings is 1. The minimum Gasteiger partial charge on any atom is -0.496 e. The van der Waals surface area contributed by atoms with Crippen molar-refractivity contribution in [1.29, 1.82) is 0 Å². The smallest absolute Gasteiger partial charge is 0.259 e. The molecule has 1 aromatic rings. The predicted octanol–water partition coefficient (Wildman–Crippen LogP) is 1.69. The van der Waals surface area contributed by atoms with Crippen molar-refractivity contribution in [2.45, 2.75) is 19.8 Å². The summed E-state index contributed by atoms with van der Waals surface area (Å²) in [6, 6.07) is 5.12. The molecular formula is C17H24N2O4. The van der Waals surface area contributed by atoms with Gasteiger partial charge in [0.25, 0.3) is 5.91 Å². The first-order valence-corrected chi connectivity index (χ1v) is 7.83. The van der Waals surface area contributed by atoms with E-state index in [1.54, 1.807) is 18.2 Å². The highest BCUT2D eigenvalue weighted by Crippen LogP contribution is 2.27. The van der Waals surface area contributed by atoms with Gasteiger partial charge in [0.2, 0.25) is 5.91 Å². The van der Waals surface area contributed by atoms with Gasteiger partial charge in [-0.25, -0.2) is 0 Å². The zero-order valence-corrected chi connectivity index (χ0v) is 13.9. The third kappa shape index (κ3) is 4.15. The fourth-order valence-corrected chi connectivity index (χ4v) is 2.85. The highest BCUT2D eigenvalue weighted by molar-refractivity contribution is 6.01. The van der Waals surface area contributed by atoms with E-state index in [2.05, 4.69) is 12.2 Å². The van der Waals surface area contributed by atoms with E-state index in [1.165, 1.54) is 14.2 Å². The molecule has 0 aliphatic carbocycles. The molecule has 0 aromatic heterocycles. The molecule has 1 N–H and O–H groups in total. The van der Waals surface area contributed by atoms with Crippen LogP contribution in [0.4, 0.5) is 0 Å². The lowest BCUT2D eigenvalue weighted by atomic mass is 10.0. The summed E-state index contributed by atoms with van der Waals surface area (Å²) in [5, 5.41) is 2.67. The number of hydrogen-bond acceptors (Lipinski definition) is 4. The number of carbonyl (C=O) groups is 2. The standard InChI is InChI=1S/C17H24N2O4/c1-12-6-5-9-19(11-12)15(20)10-18-17(21)16-13(22-2)7-4-8-14(16)23-3/h4,7-8,12H,5-6,9-11H2,1-3H3,(H,18,21). The number of ether oxygens (including phenoxy) is 2. The Bertz CT molecular complexity index is 551. The van der Waals surface area contributed by atoms with Gasteiger partial charge < -0.3 is 19.7 Å². The first-order chi connectivity index (χ1) is 11.1. The fraction of sp³-hybridized carbons (Fsp3) is 0.529. The predicted molar refractivity (Wildman–Crippen MR) is 86.9 cm³/mol. The maximum atomic E-state index is 12.4. The van der Waals surface area contributed by atoms with Crippen molar-refractivity contribution in [2.24, 2.45) is 5.92 Å². The summed E-state index contributed by atoms with van der Waals surface area (Å²) in [5.74, 6) is 0.913. The number of amides is 2. The van der Waals surface area contributed by atoms with Crippen LogP contribution in [0.3, 0.4) is 0 Å². The summed E-state index contributed by atoms with van der Waals surface area (Å²) in [7, 11) is 2.98. The number of carbonyl (C=O) groups excluding carboxylic acids is 2. The van der Waals surface area contributed by atoms with E-state index in [0.717, 1.165) is 25.9 Å². The Morgan fingerprint density at radius 2 is 1.91 bits per heavy atom. The molecule has 1 fully saturated rings. The molecule has 6 nitrogen and oxygen atoms in total. The van der Waals surface area contributed by atoms with E-state index < -0.39 is 0 Å². The number of likely N-dealkylation sites (tertiary alicyclic amines) is 1. The molecule has 0 saturated carbocycles. The number of nitrogens with one attached hydrogen (secondary N) is 1. The molecule has 1 aromatic carbocycles. The van der Waals surface area contributed by atoms with E-state index in [-0.39, 0.29) is 18.4 Å². The van der Waals surface area contributed by atoms with Gasteiger partial charge in [-0.3, -0.25) is 9.59 Å². The molecule has 6 heteroatoms. The van der Waals surface area contributed by atoms with Crippen LogP contribution in [-0.4, -0.2) is 50.6 Å². The normalized spacial score (nSPS) is 17.5. The highest BCUT2D eigenvalue weighted by Gasteiger charge is 2.23. The van der Waals surface area contributed by atoms with E-state index in [1.807, 2.05) is 4.90 Å². The molecule has 23 heavy (non-hydrogen) atoms. The van der Waals surface area contributed by atoms with Gasteiger partial charge in [-0.05, 0) is 30.9 Å². The van der Waals surface area contributed by atoms with Crippen LogP contribution >= 0.6 is 0 Å². The molecule has 0 spiro atoms. The van der Waals surface area contributed by atoms with Crippen LogP contribution in [0.5, 0.6) is 11.5 Å². The van der Waals surface area contributed by atoms with Crippen LogP contribution in [0.25, 0.3) is 0 Å². The van der Waals surface area contributed by atoms with Crippen LogP contribution in [0.1, 0.15) is 30.1 Å². The summed E-state index contributed by atoms with van der Waals surface area (Å²) < 4.78 is 10.4. The van der Waals surface area contributed by atoms with Gasteiger partial charge in [-0.1, -0.05) is 13.0 Å². The van der Waals surface area contributed by atoms with E-state index in [9.17, 15) is 9.59 Å². The minimum atomic E-state index is -0.377. The quantitative estimate of drug-likeness (QED) is 0.896. The van der Waals surface area contributed by atoms with Crippen LogP contribution in [0, 0.1) is 5.92 Å². The van der Waals surface area contributed by atoms with Crippen molar-refractivity contribution >= 4 is 11.8 Å². The van der Waals surface area contributed by atoms with Crippen LogP contribution in [-0.2, 0) is 4.79 Å². The van der Waals surface area contributed by atoms with E-state index >= 15 is 0 Å². The van der Waals surface area contributed by atoms with Crippen molar-refractivity contribution < 1.29 is 19.1 Å². The number of rotatable bonds is 5. The lowest BCUT2D eigenvalue weighted by Gasteiger charge is -2.31. The SMILES string of the molecule is COc1cccc(OC)c1C(=O)NCC(=O)N1CCCC(C)C1. The van der Waals surface area contributed by atoms with Crippen LogP contribution in [0.2, 0.25) is 0 Å². The highest BCUT2D eigenvalue weighted by atomic mass is 16.5. The summed E-state index contributed by atoms with van der Waals surface area (Å²) >= 11 is 0. The molecular weight excluding hydrogens is 296 g/mol. The summed E-state index contributed by atoms with van der Waals surface area (Å²) in [6.45, 7) is 3.63. The number of nitrogens with zero attached hydrogens (tertiary/aromatic N) is 1. The Balaban J connectivity index is 2.01. The fourth-order valence-electron chi connectivity index (χ4n) is 2.85. The average Bonchev–Trinajstić information content (AvgIpc) is 2.58. The molecule has 1 atom stereocenters. The summed E-state index contributed by atoms with van der Waals surface area (Å²) in [5.41, 5.74) is 0.303. The Labute approximate surface area is 136 Å². The Kier molecular flexibility index (Phi) is 5.84. The molecule has 0 bridgehead atoms. The van der Waals surface area contributed by atoms with Gasteiger partial charge in [0, 0.05) is 13.1 Å². The number of hydrogen-bond donors (Lipinski definition) is 1. The zero-order valence-electron chi connectivity index (χ0n) is 13.9. The van der Waals surface area contributed by atoms with Crippen molar-refractivity contribution in [3.05, 3.63) is 23.8 Å². The number of methoxy groups -OCH3 is 2. The topological polar surface area (TPSA) is 67.9 Å². The Morgan fingerprint density at radius 1 is 1.26 bits per heavy atom. The van der Waals surface area contributed by atoms with Crippen molar-refractivity contribution in [1.82, 2.24) is 10.2 Å². The molecule has 2 rings (SSSR count). The summed E-state index contributed by atoms with van der Waals surface area (Å²) in [4.78, 5) is 26.5. The monoisotopic (exact) mass is 320 g/mol. The molecule has 1 heterocycles. The second-order valence-electron chi connectivity index (χ2n) is 5.81. The molecule has 1 saturated heterocycles. The molecule has 0 radical (unpaired) electrons. The second kappa shape index (κ2) is 7.85. The largest absolute Gasteiger partial charge is 0.496 e. The van der Waals surface area contributed by atoms with E-state index in [0.29, 0.717) is 23.0 Å². The zero-order chi connectivity index (χ0) is 16.8. The number of piperidine rings is 1. The van der Waals surface area contributed by atoms with Crippen LogP contribution < -0.4 is 14.8 Å². The maximum absolute atomic E-state index is 12.4. The van der Waals surface area contributed by atoms with Gasteiger partial charge in [-0.2, -0.15) is 0 Å². The second-order valence-corrected chi connectivity index (χ2v) is 5.81. The van der Waals surface area contributed by atoms with Gasteiger partial charge in [0.1, 0.15) is 17.1 Å². The molecule has 2 amide bonds. The van der Waals surface area contributed by atoms with Gasteiger partial charge in [-0.15, -0.1) is 0 Å². The van der Waals surface area contributed by atoms with Crippen molar-refractivity contribution in [3.8, 4) is 11.5 Å². The maximum Gasteiger partial charge on any atom is 0.259 e. The van der Waals surface area contributed by atoms with Gasteiger partial charge >= 0.3 is 0 Å². The van der Waals surface area contributed by atoms with Crippen molar-refractivity contribution in [3.63, 3.8) is 0 Å². The lowest BCUT2D eigenvalue weighted by molar-refractivity contribution is -0.131. The Morgan fingerprint density at radius 3 is 2.48 bits per heavy atom. The average molecular weight is 320 g/mol. The van der Waals surface area contributed by atoms with E-state index in [4.69, 9.17) is 9.47 Å². The van der Waals surface area contributed by atoms with Crippen LogP contribution in [0.15, 0.2) is 18.2 Å². The third-order valence-electron chi connectivity index (χ3n) is 4.06. The molecule has 1 unspecified atom stereocenters. The van der Waals surface area contributed by atoms with Crippen molar-refractivity contribution in [2.75, 3.05) is 33.9 Å². The first-order valence-electron chi connectivity index (χ1n) is 7.83. The summed E-state index contributed by atoms with van der Waals surface area (Å²) in [6.07, 6.45) is 2.16.